The van der Waals surface area contributed by atoms with E-state index in [1.165, 1.54) is 18.7 Å². The van der Waals surface area contributed by atoms with Gasteiger partial charge in [-0.3, -0.25) is 9.59 Å². The van der Waals surface area contributed by atoms with Crippen LogP contribution in [0.15, 0.2) is 12.1 Å². The summed E-state index contributed by atoms with van der Waals surface area (Å²) in [6.07, 6.45) is 0.369. The molecule has 0 saturated carbocycles. The minimum atomic E-state index is -0.0127. The van der Waals surface area contributed by atoms with Crippen LogP contribution in [0.1, 0.15) is 19.0 Å². The Kier molecular flexibility index (Phi) is 3.92. The lowest BCUT2D eigenvalue weighted by atomic mass is 10.3. The molecule has 0 spiro atoms. The number of carbonyl (C=O) groups excluding carboxylic acids is 2. The highest BCUT2D eigenvalue weighted by molar-refractivity contribution is 8.14. The number of thioether (sulfide) groups is 1. The fourth-order valence-corrected chi connectivity index (χ4v) is 3.16. The summed E-state index contributed by atoms with van der Waals surface area (Å²) < 4.78 is 0. The molecule has 1 aromatic heterocycles. The average molecular weight is 285 g/mol. The minimum absolute atomic E-state index is 0.00682. The first-order chi connectivity index (χ1) is 8.47. The number of hydrogen-bond acceptors (Lipinski definition) is 4. The fraction of sp³-hybridized carbons (Fsp3) is 0.417. The molecule has 4 nitrogen and oxygen atoms in total. The predicted octanol–water partition coefficient (Wildman–Crippen LogP) is 2.43. The molecule has 0 bridgehead atoms. The lowest BCUT2D eigenvalue weighted by Crippen LogP contribution is -2.25. The van der Waals surface area contributed by atoms with Crippen molar-refractivity contribution in [3.63, 3.8) is 0 Å². The maximum absolute atomic E-state index is 11.9. The standard InChI is InChI=1S/C12H13ClN2O2S/c1-7-3-4-10(12(13)14-7)15-6-9(5-11(15)17)18-8(2)16/h3-4,9H,5-6H2,1-2H3. The lowest BCUT2D eigenvalue weighted by molar-refractivity contribution is -0.117. The van der Waals surface area contributed by atoms with Gasteiger partial charge in [0, 0.05) is 30.8 Å². The van der Waals surface area contributed by atoms with Gasteiger partial charge in [0.05, 0.1) is 5.69 Å². The number of pyridine rings is 1. The Hall–Kier alpha value is -1.07. The number of carbonyl (C=O) groups is 2. The van der Waals surface area contributed by atoms with E-state index in [4.69, 9.17) is 11.6 Å². The van der Waals surface area contributed by atoms with Gasteiger partial charge in [0.25, 0.3) is 0 Å². The molecule has 2 heterocycles. The Morgan fingerprint density at radius 3 is 2.89 bits per heavy atom. The minimum Gasteiger partial charge on any atom is -0.308 e. The van der Waals surface area contributed by atoms with Crippen molar-refractivity contribution in [2.75, 3.05) is 11.4 Å². The van der Waals surface area contributed by atoms with Gasteiger partial charge < -0.3 is 4.90 Å². The zero-order valence-corrected chi connectivity index (χ0v) is 11.7. The van der Waals surface area contributed by atoms with Gasteiger partial charge >= 0.3 is 0 Å². The summed E-state index contributed by atoms with van der Waals surface area (Å²) in [7, 11) is 0. The second kappa shape index (κ2) is 5.28. The summed E-state index contributed by atoms with van der Waals surface area (Å²) >= 11 is 7.26. The molecule has 1 atom stereocenters. The zero-order valence-electron chi connectivity index (χ0n) is 10.1. The molecule has 1 amide bonds. The van der Waals surface area contributed by atoms with Crippen LogP contribution in [0.3, 0.4) is 0 Å². The Morgan fingerprint density at radius 2 is 2.28 bits per heavy atom. The van der Waals surface area contributed by atoms with Crippen molar-refractivity contribution in [3.8, 4) is 0 Å². The van der Waals surface area contributed by atoms with Crippen LogP contribution in [-0.2, 0) is 9.59 Å². The number of anilines is 1. The van der Waals surface area contributed by atoms with E-state index in [9.17, 15) is 9.59 Å². The van der Waals surface area contributed by atoms with E-state index in [2.05, 4.69) is 4.98 Å². The van der Waals surface area contributed by atoms with E-state index < -0.39 is 0 Å². The highest BCUT2D eigenvalue weighted by Gasteiger charge is 2.33. The van der Waals surface area contributed by atoms with E-state index >= 15 is 0 Å². The Balaban J connectivity index is 2.19. The summed E-state index contributed by atoms with van der Waals surface area (Å²) in [5, 5.41) is 0.368. The van der Waals surface area contributed by atoms with Crippen molar-refractivity contribution in [3.05, 3.63) is 23.0 Å². The average Bonchev–Trinajstić information content (AvgIpc) is 2.58. The molecule has 1 aliphatic rings. The third kappa shape index (κ3) is 2.84. The van der Waals surface area contributed by atoms with Crippen LogP contribution in [0.5, 0.6) is 0 Å². The van der Waals surface area contributed by atoms with E-state index in [1.54, 1.807) is 11.0 Å². The molecule has 96 valence electrons. The Bertz CT molecular complexity index is 507. The van der Waals surface area contributed by atoms with Crippen LogP contribution >= 0.6 is 23.4 Å². The fourth-order valence-electron chi connectivity index (χ4n) is 1.94. The number of rotatable bonds is 2. The van der Waals surface area contributed by atoms with Crippen LogP contribution in [0.2, 0.25) is 5.15 Å². The van der Waals surface area contributed by atoms with E-state index in [1.807, 2.05) is 13.0 Å². The number of aryl methyl sites for hydroxylation is 1. The first-order valence-corrected chi connectivity index (χ1v) is 6.84. The molecular weight excluding hydrogens is 272 g/mol. The molecule has 1 saturated heterocycles. The number of hydrogen-bond donors (Lipinski definition) is 0. The summed E-state index contributed by atoms with van der Waals surface area (Å²) in [5.74, 6) is -0.0127. The maximum atomic E-state index is 11.9. The third-order valence-electron chi connectivity index (χ3n) is 2.68. The zero-order chi connectivity index (χ0) is 13.3. The van der Waals surface area contributed by atoms with Gasteiger partial charge in [-0.1, -0.05) is 23.4 Å². The normalized spacial score (nSPS) is 19.4. The number of amides is 1. The topological polar surface area (TPSA) is 50.3 Å². The van der Waals surface area contributed by atoms with Crippen molar-refractivity contribution in [1.82, 2.24) is 4.98 Å². The monoisotopic (exact) mass is 284 g/mol. The molecule has 2 rings (SSSR count). The van der Waals surface area contributed by atoms with Crippen LogP contribution in [-0.4, -0.2) is 27.8 Å². The molecule has 18 heavy (non-hydrogen) atoms. The first-order valence-electron chi connectivity index (χ1n) is 5.58. The van der Waals surface area contributed by atoms with Gasteiger partial charge in [0.2, 0.25) is 5.91 Å². The molecular formula is C12H13ClN2O2S. The van der Waals surface area contributed by atoms with Gasteiger partial charge in [-0.2, -0.15) is 0 Å². The molecule has 0 N–H and O–H groups in total. The van der Waals surface area contributed by atoms with E-state index in [0.29, 0.717) is 23.8 Å². The quantitative estimate of drug-likeness (QED) is 0.783. The molecule has 6 heteroatoms. The molecule has 1 unspecified atom stereocenters. The van der Waals surface area contributed by atoms with Crippen molar-refractivity contribution >= 4 is 40.1 Å². The lowest BCUT2D eigenvalue weighted by Gasteiger charge is -2.17. The number of nitrogens with zero attached hydrogens (tertiary/aromatic N) is 2. The molecule has 1 aliphatic heterocycles. The second-order valence-corrected chi connectivity index (χ2v) is 6.04. The second-order valence-electron chi connectivity index (χ2n) is 4.20. The van der Waals surface area contributed by atoms with Crippen molar-refractivity contribution in [2.45, 2.75) is 25.5 Å². The molecule has 1 aromatic rings. The van der Waals surface area contributed by atoms with E-state index in [0.717, 1.165) is 5.69 Å². The van der Waals surface area contributed by atoms with Crippen molar-refractivity contribution in [2.24, 2.45) is 0 Å². The predicted molar refractivity (Wildman–Crippen MR) is 73.0 cm³/mol. The summed E-state index contributed by atoms with van der Waals surface area (Å²) in [4.78, 5) is 28.7. The Morgan fingerprint density at radius 1 is 1.56 bits per heavy atom. The molecule has 0 aliphatic carbocycles. The number of halogens is 1. The highest BCUT2D eigenvalue weighted by Crippen LogP contribution is 2.32. The van der Waals surface area contributed by atoms with Crippen LogP contribution in [0, 0.1) is 6.92 Å². The first kappa shape index (κ1) is 13.4. The summed E-state index contributed by atoms with van der Waals surface area (Å²) in [5.41, 5.74) is 1.43. The van der Waals surface area contributed by atoms with E-state index in [-0.39, 0.29) is 16.3 Å². The largest absolute Gasteiger partial charge is 0.308 e. The maximum Gasteiger partial charge on any atom is 0.228 e. The molecule has 1 fully saturated rings. The van der Waals surface area contributed by atoms with Gasteiger partial charge in [0.1, 0.15) is 0 Å². The summed E-state index contributed by atoms with van der Waals surface area (Å²) in [6, 6.07) is 3.61. The van der Waals surface area contributed by atoms with Crippen molar-refractivity contribution in [1.29, 1.82) is 0 Å². The highest BCUT2D eigenvalue weighted by atomic mass is 35.5. The van der Waals surface area contributed by atoms with Gasteiger partial charge in [-0.05, 0) is 19.1 Å². The van der Waals surface area contributed by atoms with Crippen LogP contribution in [0.25, 0.3) is 0 Å². The van der Waals surface area contributed by atoms with Gasteiger partial charge in [-0.15, -0.1) is 0 Å². The third-order valence-corrected chi connectivity index (χ3v) is 3.94. The molecule has 0 aromatic carbocycles. The Labute approximate surface area is 115 Å². The summed E-state index contributed by atoms with van der Waals surface area (Å²) in [6.45, 7) is 3.86. The van der Waals surface area contributed by atoms with Crippen molar-refractivity contribution < 1.29 is 9.59 Å². The smallest absolute Gasteiger partial charge is 0.228 e. The van der Waals surface area contributed by atoms with Crippen LogP contribution in [0.4, 0.5) is 5.69 Å². The van der Waals surface area contributed by atoms with Gasteiger partial charge in [-0.25, -0.2) is 4.98 Å². The SMILES string of the molecule is CC(=O)SC1CC(=O)N(c2ccc(C)nc2Cl)C1. The molecule has 0 radical (unpaired) electrons. The van der Waals surface area contributed by atoms with Gasteiger partial charge in [0.15, 0.2) is 10.3 Å². The number of aromatic nitrogens is 1. The van der Waals surface area contributed by atoms with Crippen LogP contribution < -0.4 is 4.90 Å².